The standard InChI is InChI=1S/C16H19NO4/c1-8-3-4-10(7-9(8)2)17-15(18)13-11-5-6-12(21-11)14(13)16(19)20/h3-4,7,11-14H,5-6H2,1-2H3,(H,17,18)(H,19,20)/t11-,12-,13+,14-/m1/s1. The van der Waals surface area contributed by atoms with Crippen molar-refractivity contribution < 1.29 is 19.4 Å². The van der Waals surface area contributed by atoms with Gasteiger partial charge in [0.2, 0.25) is 5.91 Å². The Bertz CT molecular complexity index is 598. The van der Waals surface area contributed by atoms with Crippen molar-refractivity contribution in [2.75, 3.05) is 5.32 Å². The summed E-state index contributed by atoms with van der Waals surface area (Å²) in [7, 11) is 0. The average Bonchev–Trinajstić information content (AvgIpc) is 3.03. The van der Waals surface area contributed by atoms with Crippen LogP contribution in [-0.4, -0.2) is 29.2 Å². The maximum Gasteiger partial charge on any atom is 0.310 e. The van der Waals surface area contributed by atoms with Crippen LogP contribution in [0, 0.1) is 25.7 Å². The van der Waals surface area contributed by atoms with Crippen LogP contribution in [0.15, 0.2) is 18.2 Å². The molecule has 2 bridgehead atoms. The van der Waals surface area contributed by atoms with Gasteiger partial charge in [0.1, 0.15) is 0 Å². The molecule has 112 valence electrons. The zero-order chi connectivity index (χ0) is 15.1. The molecular formula is C16H19NO4. The monoisotopic (exact) mass is 289 g/mol. The minimum absolute atomic E-state index is 0.252. The number of ether oxygens (including phenoxy) is 1. The van der Waals surface area contributed by atoms with Gasteiger partial charge in [-0.15, -0.1) is 0 Å². The smallest absolute Gasteiger partial charge is 0.310 e. The number of aryl methyl sites for hydroxylation is 2. The number of rotatable bonds is 3. The largest absolute Gasteiger partial charge is 0.481 e. The number of amides is 1. The van der Waals surface area contributed by atoms with E-state index in [9.17, 15) is 14.7 Å². The molecule has 0 aliphatic carbocycles. The molecule has 1 aromatic carbocycles. The highest BCUT2D eigenvalue weighted by molar-refractivity contribution is 5.96. The lowest BCUT2D eigenvalue weighted by atomic mass is 9.78. The van der Waals surface area contributed by atoms with Gasteiger partial charge < -0.3 is 15.2 Å². The summed E-state index contributed by atoms with van der Waals surface area (Å²) in [6.45, 7) is 3.98. The topological polar surface area (TPSA) is 75.6 Å². The summed E-state index contributed by atoms with van der Waals surface area (Å²) in [5.41, 5.74) is 2.95. The fraction of sp³-hybridized carbons (Fsp3) is 0.500. The van der Waals surface area contributed by atoms with Crippen LogP contribution in [0.3, 0.4) is 0 Å². The fourth-order valence-electron chi connectivity index (χ4n) is 3.37. The van der Waals surface area contributed by atoms with Crippen molar-refractivity contribution in [3.8, 4) is 0 Å². The van der Waals surface area contributed by atoms with E-state index in [-0.39, 0.29) is 18.1 Å². The lowest BCUT2D eigenvalue weighted by Crippen LogP contribution is -2.40. The third kappa shape index (κ3) is 2.42. The normalized spacial score (nSPS) is 30.4. The molecule has 21 heavy (non-hydrogen) atoms. The summed E-state index contributed by atoms with van der Waals surface area (Å²) < 4.78 is 5.62. The number of carboxylic acid groups (broad SMARTS) is 1. The minimum atomic E-state index is -0.942. The highest BCUT2D eigenvalue weighted by atomic mass is 16.5. The van der Waals surface area contributed by atoms with Gasteiger partial charge in [0, 0.05) is 5.69 Å². The lowest BCUT2D eigenvalue weighted by molar-refractivity contribution is -0.147. The van der Waals surface area contributed by atoms with E-state index >= 15 is 0 Å². The van der Waals surface area contributed by atoms with E-state index in [0.29, 0.717) is 5.69 Å². The van der Waals surface area contributed by atoms with E-state index in [2.05, 4.69) is 5.32 Å². The predicted octanol–water partition coefficient (Wildman–Crippen LogP) is 2.12. The van der Waals surface area contributed by atoms with Crippen molar-refractivity contribution in [1.82, 2.24) is 0 Å². The van der Waals surface area contributed by atoms with Gasteiger partial charge in [-0.3, -0.25) is 9.59 Å². The van der Waals surface area contributed by atoms with Crippen molar-refractivity contribution in [3.05, 3.63) is 29.3 Å². The second-order valence-electron chi connectivity index (χ2n) is 5.97. The van der Waals surface area contributed by atoms with Crippen LogP contribution in [0.4, 0.5) is 5.69 Å². The first kappa shape index (κ1) is 14.1. The molecule has 5 nitrogen and oxygen atoms in total. The second-order valence-corrected chi connectivity index (χ2v) is 5.97. The quantitative estimate of drug-likeness (QED) is 0.893. The maximum absolute atomic E-state index is 12.5. The Morgan fingerprint density at radius 1 is 1.14 bits per heavy atom. The lowest BCUT2D eigenvalue weighted by Gasteiger charge is -2.24. The number of benzene rings is 1. The highest BCUT2D eigenvalue weighted by Gasteiger charge is 2.55. The van der Waals surface area contributed by atoms with E-state index in [1.165, 1.54) is 0 Å². The summed E-state index contributed by atoms with van der Waals surface area (Å²) >= 11 is 0. The maximum atomic E-state index is 12.5. The second kappa shape index (κ2) is 5.15. The Morgan fingerprint density at radius 3 is 2.43 bits per heavy atom. The molecule has 0 radical (unpaired) electrons. The number of aliphatic carboxylic acids is 1. The van der Waals surface area contributed by atoms with Crippen LogP contribution in [0.25, 0.3) is 0 Å². The van der Waals surface area contributed by atoms with Gasteiger partial charge in [-0.1, -0.05) is 6.07 Å². The van der Waals surface area contributed by atoms with Gasteiger partial charge in [0.15, 0.2) is 0 Å². The van der Waals surface area contributed by atoms with Crippen molar-refractivity contribution in [1.29, 1.82) is 0 Å². The van der Waals surface area contributed by atoms with Crippen LogP contribution in [-0.2, 0) is 14.3 Å². The predicted molar refractivity (Wildman–Crippen MR) is 77.1 cm³/mol. The number of carbonyl (C=O) groups excluding carboxylic acids is 1. The summed E-state index contributed by atoms with van der Waals surface area (Å²) in [5.74, 6) is -2.52. The molecule has 0 aromatic heterocycles. The van der Waals surface area contributed by atoms with E-state index < -0.39 is 17.8 Å². The molecule has 3 rings (SSSR count). The van der Waals surface area contributed by atoms with Gasteiger partial charge >= 0.3 is 5.97 Å². The average molecular weight is 289 g/mol. The van der Waals surface area contributed by atoms with Crippen LogP contribution in [0.2, 0.25) is 0 Å². The first-order valence-corrected chi connectivity index (χ1v) is 7.24. The van der Waals surface area contributed by atoms with Gasteiger partial charge in [-0.05, 0) is 49.9 Å². The van der Waals surface area contributed by atoms with E-state index in [1.54, 1.807) is 0 Å². The Hall–Kier alpha value is -1.88. The molecule has 2 saturated heterocycles. The van der Waals surface area contributed by atoms with Crippen LogP contribution >= 0.6 is 0 Å². The van der Waals surface area contributed by atoms with Gasteiger partial charge in [0.25, 0.3) is 0 Å². The zero-order valence-electron chi connectivity index (χ0n) is 12.1. The van der Waals surface area contributed by atoms with Gasteiger partial charge in [-0.25, -0.2) is 0 Å². The molecule has 2 heterocycles. The van der Waals surface area contributed by atoms with Gasteiger partial charge in [-0.2, -0.15) is 0 Å². The number of hydrogen-bond acceptors (Lipinski definition) is 3. The molecule has 4 atom stereocenters. The Kier molecular flexibility index (Phi) is 3.45. The highest BCUT2D eigenvalue weighted by Crippen LogP contribution is 2.44. The van der Waals surface area contributed by atoms with Crippen molar-refractivity contribution >= 4 is 17.6 Å². The molecule has 1 aromatic rings. The number of fused-ring (bicyclic) bond motifs is 2. The number of anilines is 1. The molecular weight excluding hydrogens is 270 g/mol. The molecule has 2 aliphatic heterocycles. The van der Waals surface area contributed by atoms with Crippen LogP contribution in [0.1, 0.15) is 24.0 Å². The molecule has 2 N–H and O–H groups in total. The number of hydrogen-bond donors (Lipinski definition) is 2. The van der Waals surface area contributed by atoms with Gasteiger partial charge in [0.05, 0.1) is 24.0 Å². The molecule has 0 spiro atoms. The SMILES string of the molecule is Cc1ccc(NC(=O)[C@@H]2[C@H](C(=O)O)[C@H]3CC[C@H]2O3)cc1C. The Morgan fingerprint density at radius 2 is 1.81 bits per heavy atom. The third-order valence-electron chi connectivity index (χ3n) is 4.64. The third-order valence-corrected chi connectivity index (χ3v) is 4.64. The first-order chi connectivity index (χ1) is 9.97. The first-order valence-electron chi connectivity index (χ1n) is 7.24. The summed E-state index contributed by atoms with van der Waals surface area (Å²) in [4.78, 5) is 23.9. The number of nitrogens with one attached hydrogen (secondary N) is 1. The minimum Gasteiger partial charge on any atom is -0.481 e. The summed E-state index contributed by atoms with van der Waals surface area (Å²) in [5, 5.41) is 12.2. The number of carboxylic acids is 1. The van der Waals surface area contributed by atoms with E-state index in [0.717, 1.165) is 24.0 Å². The Balaban J connectivity index is 1.78. The molecule has 2 aliphatic rings. The Labute approximate surface area is 123 Å². The summed E-state index contributed by atoms with van der Waals surface area (Å²) in [6, 6.07) is 5.68. The number of carbonyl (C=O) groups is 2. The van der Waals surface area contributed by atoms with Crippen molar-refractivity contribution in [2.24, 2.45) is 11.8 Å². The van der Waals surface area contributed by atoms with Crippen molar-refractivity contribution in [3.63, 3.8) is 0 Å². The van der Waals surface area contributed by atoms with Crippen LogP contribution < -0.4 is 5.32 Å². The summed E-state index contributed by atoms with van der Waals surface area (Å²) in [6.07, 6.45) is 0.916. The molecule has 1 amide bonds. The van der Waals surface area contributed by atoms with E-state index in [4.69, 9.17) is 4.74 Å². The zero-order valence-corrected chi connectivity index (χ0v) is 12.1. The molecule has 5 heteroatoms. The molecule has 2 fully saturated rings. The molecule has 0 saturated carbocycles. The van der Waals surface area contributed by atoms with E-state index in [1.807, 2.05) is 32.0 Å². The fourth-order valence-corrected chi connectivity index (χ4v) is 3.37. The van der Waals surface area contributed by atoms with Crippen molar-refractivity contribution in [2.45, 2.75) is 38.9 Å². The van der Waals surface area contributed by atoms with Crippen LogP contribution in [0.5, 0.6) is 0 Å². The molecule has 0 unspecified atom stereocenters.